The molecular formula is C13H21N3O2. The highest BCUT2D eigenvalue weighted by atomic mass is 16.5. The molecule has 1 amide bonds. The minimum atomic E-state index is 0.280. The number of hydrogen-bond acceptors (Lipinski definition) is 4. The molecular weight excluding hydrogens is 230 g/mol. The van der Waals surface area contributed by atoms with Crippen molar-refractivity contribution in [3.05, 3.63) is 11.7 Å². The fraction of sp³-hybridized carbons (Fsp3) is 0.769. The van der Waals surface area contributed by atoms with Gasteiger partial charge in [-0.1, -0.05) is 12.1 Å². The number of aryl methyl sites for hydroxylation is 2. The summed E-state index contributed by atoms with van der Waals surface area (Å²) in [5, 5.41) is 3.91. The molecule has 0 aliphatic carbocycles. The lowest BCUT2D eigenvalue weighted by molar-refractivity contribution is -0.132. The second kappa shape index (κ2) is 5.98. The Bertz CT molecular complexity index is 395. The lowest BCUT2D eigenvalue weighted by atomic mass is 9.92. The molecule has 1 aliphatic heterocycles. The quantitative estimate of drug-likeness (QED) is 0.820. The summed E-state index contributed by atoms with van der Waals surface area (Å²) in [4.78, 5) is 17.7. The van der Waals surface area contributed by atoms with Gasteiger partial charge in [0.05, 0.1) is 0 Å². The van der Waals surface area contributed by atoms with E-state index in [4.69, 9.17) is 4.52 Å². The lowest BCUT2D eigenvalue weighted by Gasteiger charge is -2.31. The van der Waals surface area contributed by atoms with Gasteiger partial charge in [-0.2, -0.15) is 4.98 Å². The van der Waals surface area contributed by atoms with E-state index >= 15 is 0 Å². The van der Waals surface area contributed by atoms with Crippen molar-refractivity contribution in [1.82, 2.24) is 15.0 Å². The first-order valence-electron chi connectivity index (χ1n) is 6.76. The minimum Gasteiger partial charge on any atom is -0.343 e. The Hall–Kier alpha value is -1.39. The van der Waals surface area contributed by atoms with Crippen LogP contribution in [0.3, 0.4) is 0 Å². The number of piperidine rings is 1. The molecule has 1 aromatic rings. The summed E-state index contributed by atoms with van der Waals surface area (Å²) in [6.07, 6.45) is 4.79. The molecule has 1 aliphatic rings. The van der Waals surface area contributed by atoms with E-state index in [9.17, 15) is 4.79 Å². The molecule has 0 N–H and O–H groups in total. The average molecular weight is 251 g/mol. The van der Waals surface area contributed by atoms with E-state index in [1.165, 1.54) is 0 Å². The average Bonchev–Trinajstić information content (AvgIpc) is 2.82. The van der Waals surface area contributed by atoms with Crippen LogP contribution in [0.1, 0.15) is 44.3 Å². The van der Waals surface area contributed by atoms with Crippen LogP contribution in [-0.2, 0) is 11.2 Å². The number of hydrogen-bond donors (Lipinski definition) is 0. The third kappa shape index (κ3) is 3.31. The van der Waals surface area contributed by atoms with Gasteiger partial charge in [0.1, 0.15) is 0 Å². The second-order valence-electron chi connectivity index (χ2n) is 4.95. The fourth-order valence-electron chi connectivity index (χ4n) is 2.47. The van der Waals surface area contributed by atoms with Crippen molar-refractivity contribution < 1.29 is 9.32 Å². The SMILES string of the molecule is CCC(=O)N1CCC(CCc2noc(C)n2)CC1. The molecule has 0 unspecified atom stereocenters. The highest BCUT2D eigenvalue weighted by molar-refractivity contribution is 5.75. The highest BCUT2D eigenvalue weighted by Gasteiger charge is 2.21. The summed E-state index contributed by atoms with van der Waals surface area (Å²) in [5.74, 6) is 2.40. The van der Waals surface area contributed by atoms with Gasteiger partial charge in [0.15, 0.2) is 5.82 Å². The molecule has 2 rings (SSSR count). The van der Waals surface area contributed by atoms with Gasteiger partial charge in [0.25, 0.3) is 0 Å². The number of carbonyl (C=O) groups excluding carboxylic acids is 1. The van der Waals surface area contributed by atoms with Gasteiger partial charge in [0, 0.05) is 32.9 Å². The van der Waals surface area contributed by atoms with Crippen LogP contribution >= 0.6 is 0 Å². The van der Waals surface area contributed by atoms with Crippen molar-refractivity contribution in [2.24, 2.45) is 5.92 Å². The molecule has 0 atom stereocenters. The molecule has 5 heteroatoms. The van der Waals surface area contributed by atoms with Crippen molar-refractivity contribution in [1.29, 1.82) is 0 Å². The Morgan fingerprint density at radius 3 is 2.72 bits per heavy atom. The smallest absolute Gasteiger partial charge is 0.223 e. The van der Waals surface area contributed by atoms with E-state index in [2.05, 4.69) is 10.1 Å². The minimum absolute atomic E-state index is 0.280. The first-order chi connectivity index (χ1) is 8.69. The third-order valence-corrected chi connectivity index (χ3v) is 3.62. The Balaban J connectivity index is 1.72. The summed E-state index contributed by atoms with van der Waals surface area (Å²) in [5.41, 5.74) is 0. The van der Waals surface area contributed by atoms with Crippen LogP contribution < -0.4 is 0 Å². The molecule has 100 valence electrons. The summed E-state index contributed by atoms with van der Waals surface area (Å²) in [7, 11) is 0. The molecule has 0 spiro atoms. The summed E-state index contributed by atoms with van der Waals surface area (Å²) < 4.78 is 4.95. The third-order valence-electron chi connectivity index (χ3n) is 3.62. The summed E-state index contributed by atoms with van der Waals surface area (Å²) >= 11 is 0. The number of carbonyl (C=O) groups is 1. The number of aromatic nitrogens is 2. The molecule has 0 bridgehead atoms. The Labute approximate surface area is 108 Å². The van der Waals surface area contributed by atoms with Crippen LogP contribution in [0, 0.1) is 12.8 Å². The van der Waals surface area contributed by atoms with E-state index in [0.717, 1.165) is 44.6 Å². The van der Waals surface area contributed by atoms with E-state index in [0.29, 0.717) is 18.2 Å². The standard InChI is InChI=1S/C13H21N3O2/c1-3-13(17)16-8-6-11(7-9-16)4-5-12-14-10(2)18-15-12/h11H,3-9H2,1-2H3. The van der Waals surface area contributed by atoms with Crippen molar-refractivity contribution >= 4 is 5.91 Å². The van der Waals surface area contributed by atoms with Crippen LogP contribution in [0.2, 0.25) is 0 Å². The maximum absolute atomic E-state index is 11.5. The van der Waals surface area contributed by atoms with E-state index < -0.39 is 0 Å². The van der Waals surface area contributed by atoms with Crippen LogP contribution in [-0.4, -0.2) is 34.0 Å². The van der Waals surface area contributed by atoms with Gasteiger partial charge in [-0.25, -0.2) is 0 Å². The van der Waals surface area contributed by atoms with Gasteiger partial charge < -0.3 is 9.42 Å². The molecule has 1 saturated heterocycles. The first kappa shape index (κ1) is 13.1. The fourth-order valence-corrected chi connectivity index (χ4v) is 2.47. The Morgan fingerprint density at radius 2 is 2.17 bits per heavy atom. The van der Waals surface area contributed by atoms with Gasteiger partial charge in [-0.3, -0.25) is 4.79 Å². The number of nitrogens with zero attached hydrogens (tertiary/aromatic N) is 3. The molecule has 0 radical (unpaired) electrons. The maximum atomic E-state index is 11.5. The zero-order valence-electron chi connectivity index (χ0n) is 11.2. The predicted octanol–water partition coefficient (Wildman–Crippen LogP) is 1.96. The monoisotopic (exact) mass is 251 g/mol. The van der Waals surface area contributed by atoms with E-state index in [-0.39, 0.29) is 5.91 Å². The first-order valence-corrected chi connectivity index (χ1v) is 6.76. The highest BCUT2D eigenvalue weighted by Crippen LogP contribution is 2.22. The molecule has 1 fully saturated rings. The molecule has 18 heavy (non-hydrogen) atoms. The number of amides is 1. The Kier molecular flexibility index (Phi) is 4.33. The number of rotatable bonds is 4. The van der Waals surface area contributed by atoms with Gasteiger partial charge >= 0.3 is 0 Å². The topological polar surface area (TPSA) is 59.2 Å². The van der Waals surface area contributed by atoms with Crippen LogP contribution in [0.15, 0.2) is 4.52 Å². The van der Waals surface area contributed by atoms with Gasteiger partial charge in [-0.05, 0) is 25.2 Å². The normalized spacial score (nSPS) is 17.1. The second-order valence-corrected chi connectivity index (χ2v) is 4.95. The zero-order valence-corrected chi connectivity index (χ0v) is 11.2. The Morgan fingerprint density at radius 1 is 1.44 bits per heavy atom. The molecule has 2 heterocycles. The van der Waals surface area contributed by atoms with Crippen LogP contribution in [0.25, 0.3) is 0 Å². The molecule has 1 aromatic heterocycles. The molecule has 5 nitrogen and oxygen atoms in total. The van der Waals surface area contributed by atoms with Crippen molar-refractivity contribution in [3.63, 3.8) is 0 Å². The molecule has 0 aromatic carbocycles. The van der Waals surface area contributed by atoms with E-state index in [1.54, 1.807) is 0 Å². The maximum Gasteiger partial charge on any atom is 0.223 e. The van der Waals surface area contributed by atoms with Crippen molar-refractivity contribution in [3.8, 4) is 0 Å². The number of likely N-dealkylation sites (tertiary alicyclic amines) is 1. The van der Waals surface area contributed by atoms with Crippen molar-refractivity contribution in [2.75, 3.05) is 13.1 Å². The summed E-state index contributed by atoms with van der Waals surface area (Å²) in [6.45, 7) is 5.55. The van der Waals surface area contributed by atoms with Gasteiger partial charge in [0.2, 0.25) is 11.8 Å². The largest absolute Gasteiger partial charge is 0.343 e. The van der Waals surface area contributed by atoms with Crippen LogP contribution in [0.4, 0.5) is 0 Å². The van der Waals surface area contributed by atoms with Gasteiger partial charge in [-0.15, -0.1) is 0 Å². The summed E-state index contributed by atoms with van der Waals surface area (Å²) in [6, 6.07) is 0. The van der Waals surface area contributed by atoms with E-state index in [1.807, 2.05) is 18.7 Å². The molecule has 0 saturated carbocycles. The zero-order chi connectivity index (χ0) is 13.0. The predicted molar refractivity (Wildman–Crippen MR) is 67.0 cm³/mol. The van der Waals surface area contributed by atoms with Crippen molar-refractivity contribution in [2.45, 2.75) is 46.0 Å². The van der Waals surface area contributed by atoms with Crippen LogP contribution in [0.5, 0.6) is 0 Å². The lowest BCUT2D eigenvalue weighted by Crippen LogP contribution is -2.38.